The number of pyridine rings is 2. The van der Waals surface area contributed by atoms with E-state index in [2.05, 4.69) is 34.9 Å². The van der Waals surface area contributed by atoms with E-state index in [1.807, 2.05) is 31.3 Å². The monoisotopic (exact) mass is 464 g/mol. The first kappa shape index (κ1) is 24.4. The molecule has 7 nitrogen and oxygen atoms in total. The van der Waals surface area contributed by atoms with Crippen LogP contribution in [-0.4, -0.2) is 69.7 Å². The zero-order chi connectivity index (χ0) is 24.1. The van der Waals surface area contributed by atoms with E-state index in [9.17, 15) is 9.90 Å². The van der Waals surface area contributed by atoms with Crippen LogP contribution in [0.2, 0.25) is 0 Å². The minimum absolute atomic E-state index is 0.0634. The van der Waals surface area contributed by atoms with Gasteiger partial charge in [0, 0.05) is 44.1 Å². The normalized spacial score (nSPS) is 21.9. The molecule has 182 valence electrons. The number of likely N-dealkylation sites (N-methyl/N-ethyl adjacent to an activating group) is 1. The number of aromatic nitrogens is 2. The van der Waals surface area contributed by atoms with Crippen molar-refractivity contribution < 1.29 is 14.6 Å². The van der Waals surface area contributed by atoms with Crippen LogP contribution in [0.5, 0.6) is 5.88 Å². The fourth-order valence-corrected chi connectivity index (χ4v) is 4.77. The lowest BCUT2D eigenvalue weighted by Gasteiger charge is -2.37. The number of carbonyl (C=O) groups is 1. The summed E-state index contributed by atoms with van der Waals surface area (Å²) in [6, 6.07) is 5.68. The van der Waals surface area contributed by atoms with Crippen molar-refractivity contribution >= 4 is 11.5 Å². The third-order valence-electron chi connectivity index (χ3n) is 6.88. The summed E-state index contributed by atoms with van der Waals surface area (Å²) >= 11 is 0. The number of hydrogen-bond donors (Lipinski definition) is 1. The molecule has 0 unspecified atom stereocenters. The summed E-state index contributed by atoms with van der Waals surface area (Å²) < 4.78 is 6.44. The number of amides is 1. The van der Waals surface area contributed by atoms with E-state index in [-0.39, 0.29) is 30.6 Å². The Morgan fingerprint density at radius 1 is 1.29 bits per heavy atom. The van der Waals surface area contributed by atoms with E-state index in [1.165, 1.54) is 17.6 Å². The van der Waals surface area contributed by atoms with Crippen LogP contribution in [-0.2, 0) is 6.54 Å². The standard InChI is InChI=1S/C27H36N4O3/c1-19-15-31(20(2)18-32)27(33)24-13-23(22-7-5-4-6-8-22)14-29-26(24)34-25(19)17-30(3)16-21-9-11-28-12-10-21/h7,9-14,19-20,25,32H,4-6,8,15-18H2,1-3H3/t19-,20+,25+/m1/s1. The highest BCUT2D eigenvalue weighted by atomic mass is 16.5. The first-order valence-electron chi connectivity index (χ1n) is 12.3. The van der Waals surface area contributed by atoms with Gasteiger partial charge in [-0.2, -0.15) is 0 Å². The van der Waals surface area contributed by atoms with Crippen molar-refractivity contribution in [2.24, 2.45) is 5.92 Å². The Morgan fingerprint density at radius 2 is 2.09 bits per heavy atom. The summed E-state index contributed by atoms with van der Waals surface area (Å²) in [6.45, 7) is 5.88. The van der Waals surface area contributed by atoms with Gasteiger partial charge in [0.25, 0.3) is 5.91 Å². The van der Waals surface area contributed by atoms with Crippen molar-refractivity contribution in [1.29, 1.82) is 0 Å². The number of allylic oxidation sites excluding steroid dienone is 2. The van der Waals surface area contributed by atoms with Crippen LogP contribution >= 0.6 is 0 Å². The summed E-state index contributed by atoms with van der Waals surface area (Å²) in [5.41, 5.74) is 3.91. The molecule has 0 fully saturated rings. The second-order valence-electron chi connectivity index (χ2n) is 9.73. The summed E-state index contributed by atoms with van der Waals surface area (Å²) in [6.07, 6.45) is 12.0. The highest BCUT2D eigenvalue weighted by Crippen LogP contribution is 2.32. The summed E-state index contributed by atoms with van der Waals surface area (Å²) in [5, 5.41) is 9.87. The SMILES string of the molecule is C[C@@H]1CN([C@@H](C)CO)C(=O)c2cc(C3=CCCCC3)cnc2O[C@H]1CN(C)Cc1ccncc1. The molecule has 1 aliphatic carbocycles. The molecular formula is C27H36N4O3. The predicted molar refractivity (Wildman–Crippen MR) is 132 cm³/mol. The van der Waals surface area contributed by atoms with Gasteiger partial charge in [0.15, 0.2) is 0 Å². The number of aliphatic hydroxyl groups excluding tert-OH is 1. The fourth-order valence-electron chi connectivity index (χ4n) is 4.77. The molecule has 0 aromatic carbocycles. The van der Waals surface area contributed by atoms with Crippen LogP contribution in [0.15, 0.2) is 42.9 Å². The maximum absolute atomic E-state index is 13.6. The summed E-state index contributed by atoms with van der Waals surface area (Å²) in [4.78, 5) is 26.3. The number of carbonyl (C=O) groups excluding carboxylic acids is 1. The topological polar surface area (TPSA) is 78.8 Å². The molecule has 4 rings (SSSR count). The second kappa shape index (κ2) is 11.1. The number of hydrogen-bond acceptors (Lipinski definition) is 6. The molecule has 2 aromatic rings. The van der Waals surface area contributed by atoms with Gasteiger partial charge in [0.1, 0.15) is 11.7 Å². The smallest absolute Gasteiger partial charge is 0.259 e. The van der Waals surface area contributed by atoms with Crippen LogP contribution in [0, 0.1) is 5.92 Å². The van der Waals surface area contributed by atoms with Crippen LogP contribution in [0.4, 0.5) is 0 Å². The molecule has 1 N–H and O–H groups in total. The van der Waals surface area contributed by atoms with E-state index in [4.69, 9.17) is 4.74 Å². The summed E-state index contributed by atoms with van der Waals surface area (Å²) in [7, 11) is 2.07. The Morgan fingerprint density at radius 3 is 2.79 bits per heavy atom. The Bertz CT molecular complexity index is 1010. The quantitative estimate of drug-likeness (QED) is 0.672. The van der Waals surface area contributed by atoms with E-state index in [0.29, 0.717) is 24.5 Å². The zero-order valence-electron chi connectivity index (χ0n) is 20.5. The lowest BCUT2D eigenvalue weighted by Crippen LogP contribution is -2.49. The van der Waals surface area contributed by atoms with Crippen LogP contribution in [0.1, 0.15) is 61.0 Å². The van der Waals surface area contributed by atoms with Crippen LogP contribution in [0.3, 0.4) is 0 Å². The molecule has 0 saturated carbocycles. The molecule has 0 bridgehead atoms. The molecule has 0 saturated heterocycles. The average molecular weight is 465 g/mol. The predicted octanol–water partition coefficient (Wildman–Crippen LogP) is 3.79. The molecule has 3 atom stereocenters. The number of rotatable bonds is 7. The third kappa shape index (κ3) is 5.65. The number of nitrogens with zero attached hydrogens (tertiary/aromatic N) is 4. The van der Waals surface area contributed by atoms with Gasteiger partial charge in [-0.25, -0.2) is 4.98 Å². The van der Waals surface area contributed by atoms with Crippen molar-refractivity contribution in [3.8, 4) is 5.88 Å². The maximum atomic E-state index is 13.6. The van der Waals surface area contributed by atoms with Gasteiger partial charge in [-0.05, 0) is 74.6 Å². The Hall–Kier alpha value is -2.77. The molecule has 7 heteroatoms. The highest BCUT2D eigenvalue weighted by Gasteiger charge is 2.34. The van der Waals surface area contributed by atoms with Gasteiger partial charge in [-0.1, -0.05) is 13.0 Å². The van der Waals surface area contributed by atoms with E-state index in [1.54, 1.807) is 17.3 Å². The lowest BCUT2D eigenvalue weighted by atomic mass is 9.93. The van der Waals surface area contributed by atoms with Crippen molar-refractivity contribution in [3.63, 3.8) is 0 Å². The molecule has 3 heterocycles. The average Bonchev–Trinajstić information content (AvgIpc) is 2.86. The molecule has 0 radical (unpaired) electrons. The largest absolute Gasteiger partial charge is 0.472 e. The lowest BCUT2D eigenvalue weighted by molar-refractivity contribution is 0.0325. The Kier molecular flexibility index (Phi) is 7.95. The molecule has 2 aliphatic rings. The van der Waals surface area contributed by atoms with Crippen LogP contribution < -0.4 is 4.74 Å². The van der Waals surface area contributed by atoms with E-state index >= 15 is 0 Å². The van der Waals surface area contributed by atoms with Gasteiger partial charge in [-0.15, -0.1) is 0 Å². The minimum Gasteiger partial charge on any atom is -0.472 e. The van der Waals surface area contributed by atoms with Gasteiger partial charge >= 0.3 is 0 Å². The third-order valence-corrected chi connectivity index (χ3v) is 6.88. The molecule has 34 heavy (non-hydrogen) atoms. The number of aliphatic hydroxyl groups is 1. The molecule has 0 spiro atoms. The molecule has 1 amide bonds. The molecular weight excluding hydrogens is 428 g/mol. The number of fused-ring (bicyclic) bond motifs is 1. The van der Waals surface area contributed by atoms with Gasteiger partial charge in [-0.3, -0.25) is 14.7 Å². The molecule has 1 aliphatic heterocycles. The second-order valence-corrected chi connectivity index (χ2v) is 9.73. The summed E-state index contributed by atoms with van der Waals surface area (Å²) in [5.74, 6) is 0.320. The Labute approximate surface area is 202 Å². The van der Waals surface area contributed by atoms with Crippen molar-refractivity contribution in [2.75, 3.05) is 26.7 Å². The maximum Gasteiger partial charge on any atom is 0.259 e. The van der Waals surface area contributed by atoms with Gasteiger partial charge in [0.2, 0.25) is 5.88 Å². The fraction of sp³-hybridized carbons (Fsp3) is 0.519. The number of ether oxygens (including phenoxy) is 1. The van der Waals surface area contributed by atoms with E-state index < -0.39 is 0 Å². The zero-order valence-corrected chi connectivity index (χ0v) is 20.5. The van der Waals surface area contributed by atoms with Crippen molar-refractivity contribution in [2.45, 2.75) is 58.2 Å². The van der Waals surface area contributed by atoms with Gasteiger partial charge < -0.3 is 14.7 Å². The van der Waals surface area contributed by atoms with Crippen molar-refractivity contribution in [3.05, 3.63) is 59.6 Å². The first-order valence-corrected chi connectivity index (χ1v) is 12.3. The first-order chi connectivity index (χ1) is 16.5. The minimum atomic E-state index is -0.284. The van der Waals surface area contributed by atoms with Crippen LogP contribution in [0.25, 0.3) is 5.57 Å². The Balaban J connectivity index is 1.63. The molecule has 2 aromatic heterocycles. The van der Waals surface area contributed by atoms with E-state index in [0.717, 1.165) is 31.4 Å². The van der Waals surface area contributed by atoms with Crippen molar-refractivity contribution in [1.82, 2.24) is 19.8 Å². The highest BCUT2D eigenvalue weighted by molar-refractivity contribution is 5.97. The van der Waals surface area contributed by atoms with Gasteiger partial charge in [0.05, 0.1) is 12.6 Å².